The summed E-state index contributed by atoms with van der Waals surface area (Å²) in [7, 11) is 0. The van der Waals surface area contributed by atoms with Crippen LogP contribution in [0.15, 0.2) is 108 Å². The highest BCUT2D eigenvalue weighted by atomic mass is 16.3. The van der Waals surface area contributed by atoms with E-state index in [2.05, 4.69) is 98.8 Å². The number of pyridine rings is 1. The van der Waals surface area contributed by atoms with Crippen LogP contribution in [0.5, 0.6) is 0 Å². The number of nitrogens with zero attached hydrogens (tertiary/aromatic N) is 1. The molecule has 4 aromatic carbocycles. The van der Waals surface area contributed by atoms with Gasteiger partial charge in [-0.25, -0.2) is 0 Å². The predicted molar refractivity (Wildman–Crippen MR) is 205 cm³/mol. The Morgan fingerprint density at radius 2 is 1.15 bits per heavy atom. The molecule has 246 valence electrons. The zero-order valence-electron chi connectivity index (χ0n) is 29.1. The van der Waals surface area contributed by atoms with Crippen molar-refractivity contribution in [1.82, 2.24) is 4.98 Å². The third-order valence-corrected chi connectivity index (χ3v) is 11.0. The number of aromatic nitrogens is 1. The van der Waals surface area contributed by atoms with Crippen molar-refractivity contribution in [3.8, 4) is 33.5 Å². The van der Waals surface area contributed by atoms with Gasteiger partial charge in [0.15, 0.2) is 0 Å². The van der Waals surface area contributed by atoms with Gasteiger partial charge in [0.1, 0.15) is 11.2 Å². The summed E-state index contributed by atoms with van der Waals surface area (Å²) in [5, 5.41) is 2.28. The van der Waals surface area contributed by atoms with Crippen molar-refractivity contribution in [3.05, 3.63) is 114 Å². The molecule has 48 heavy (non-hydrogen) atoms. The molecule has 7 rings (SSSR count). The minimum Gasteiger partial charge on any atom is -0.455 e. The van der Waals surface area contributed by atoms with Gasteiger partial charge >= 0.3 is 0 Å². The lowest BCUT2D eigenvalue weighted by atomic mass is 9.70. The summed E-state index contributed by atoms with van der Waals surface area (Å²) in [4.78, 5) is 4.85. The number of furan rings is 1. The van der Waals surface area contributed by atoms with E-state index in [9.17, 15) is 0 Å². The van der Waals surface area contributed by atoms with E-state index >= 15 is 0 Å². The molecule has 0 fully saturated rings. The van der Waals surface area contributed by atoms with Crippen molar-refractivity contribution in [1.29, 1.82) is 0 Å². The van der Waals surface area contributed by atoms with Gasteiger partial charge in [-0.1, -0.05) is 158 Å². The standard InChI is InChI=1S/C46H51NO/c1-3-5-7-9-11-17-29-46(30-18-12-10-8-6-4-2)41-24-15-13-20-36(41)40-32-34(26-27-42(40)46)35-28-31-47-43(33-35)39-23-19-22-38-37-21-14-16-25-44(37)48-45(38)39/h13-16,19-28,31-33H,3-12,17-18,29-30H2,1-2H3. The molecule has 6 aromatic rings. The SMILES string of the molecule is CCCCCCCCC1(CCCCCCCC)c2ccccc2-c2cc(-c3ccnc(-c4cccc5c4oc4ccccc45)c3)ccc21. The molecule has 2 aromatic heterocycles. The molecule has 0 spiro atoms. The van der Waals surface area contributed by atoms with E-state index in [1.165, 1.54) is 112 Å². The van der Waals surface area contributed by atoms with Crippen molar-refractivity contribution < 1.29 is 4.42 Å². The average molecular weight is 634 g/mol. The van der Waals surface area contributed by atoms with Gasteiger partial charge < -0.3 is 4.42 Å². The molecule has 0 saturated carbocycles. The number of unbranched alkanes of at least 4 members (excludes halogenated alkanes) is 10. The normalized spacial score (nSPS) is 13.3. The maximum absolute atomic E-state index is 6.38. The van der Waals surface area contributed by atoms with E-state index in [-0.39, 0.29) is 5.41 Å². The zero-order valence-corrected chi connectivity index (χ0v) is 29.1. The van der Waals surface area contributed by atoms with E-state index in [0.717, 1.165) is 33.2 Å². The Balaban J connectivity index is 1.23. The number of para-hydroxylation sites is 2. The first-order valence-corrected chi connectivity index (χ1v) is 18.8. The summed E-state index contributed by atoms with van der Waals surface area (Å²) in [6.07, 6.45) is 20.5. The molecule has 2 heterocycles. The first-order chi connectivity index (χ1) is 23.7. The smallest absolute Gasteiger partial charge is 0.144 e. The second-order valence-corrected chi connectivity index (χ2v) is 14.1. The van der Waals surface area contributed by atoms with E-state index in [0.29, 0.717) is 0 Å². The number of hydrogen-bond donors (Lipinski definition) is 0. The van der Waals surface area contributed by atoms with Gasteiger partial charge in [-0.3, -0.25) is 4.98 Å². The first kappa shape index (κ1) is 32.4. The van der Waals surface area contributed by atoms with Crippen molar-refractivity contribution in [2.24, 2.45) is 0 Å². The summed E-state index contributed by atoms with van der Waals surface area (Å²) in [6.45, 7) is 4.62. The molecule has 0 atom stereocenters. The maximum atomic E-state index is 6.38. The fourth-order valence-corrected chi connectivity index (χ4v) is 8.43. The highest BCUT2D eigenvalue weighted by Gasteiger charge is 2.42. The van der Waals surface area contributed by atoms with Gasteiger partial charge in [0.2, 0.25) is 0 Å². The molecule has 1 aliphatic carbocycles. The van der Waals surface area contributed by atoms with Crippen LogP contribution in [0.3, 0.4) is 0 Å². The third kappa shape index (κ3) is 6.35. The van der Waals surface area contributed by atoms with Gasteiger partial charge in [-0.15, -0.1) is 0 Å². The Morgan fingerprint density at radius 1 is 0.521 bits per heavy atom. The molecule has 0 saturated heterocycles. The maximum Gasteiger partial charge on any atom is 0.144 e. The molecule has 2 heteroatoms. The van der Waals surface area contributed by atoms with Gasteiger partial charge in [0, 0.05) is 27.9 Å². The number of hydrogen-bond acceptors (Lipinski definition) is 2. The Labute approximate surface area is 287 Å². The highest BCUT2D eigenvalue weighted by Crippen LogP contribution is 2.55. The Kier molecular flexibility index (Phi) is 10.1. The summed E-state index contributed by atoms with van der Waals surface area (Å²) in [6, 6.07) is 35.8. The molecule has 2 nitrogen and oxygen atoms in total. The molecule has 0 radical (unpaired) electrons. The average Bonchev–Trinajstić information content (AvgIpc) is 3.65. The van der Waals surface area contributed by atoms with E-state index in [1.807, 2.05) is 18.3 Å². The van der Waals surface area contributed by atoms with E-state index < -0.39 is 0 Å². The van der Waals surface area contributed by atoms with Crippen LogP contribution in [0.1, 0.15) is 115 Å². The molecule has 0 bridgehead atoms. The second-order valence-electron chi connectivity index (χ2n) is 14.1. The zero-order chi connectivity index (χ0) is 32.8. The number of fused-ring (bicyclic) bond motifs is 6. The topological polar surface area (TPSA) is 26.0 Å². The molecular weight excluding hydrogens is 583 g/mol. The lowest BCUT2D eigenvalue weighted by Crippen LogP contribution is -2.25. The van der Waals surface area contributed by atoms with Crippen molar-refractivity contribution in [3.63, 3.8) is 0 Å². The monoisotopic (exact) mass is 633 g/mol. The fraction of sp³-hybridized carbons (Fsp3) is 0.370. The van der Waals surface area contributed by atoms with Crippen molar-refractivity contribution >= 4 is 21.9 Å². The lowest BCUT2D eigenvalue weighted by molar-refractivity contribution is 0.398. The summed E-state index contributed by atoms with van der Waals surface area (Å²) >= 11 is 0. The van der Waals surface area contributed by atoms with Crippen LogP contribution in [0.25, 0.3) is 55.4 Å². The van der Waals surface area contributed by atoms with Crippen molar-refractivity contribution in [2.75, 3.05) is 0 Å². The Bertz CT molecular complexity index is 1960. The molecule has 0 amide bonds. The lowest BCUT2D eigenvalue weighted by Gasteiger charge is -2.33. The quantitative estimate of drug-likeness (QED) is 0.0991. The van der Waals surface area contributed by atoms with Gasteiger partial charge in [0.05, 0.1) is 5.69 Å². The highest BCUT2D eigenvalue weighted by molar-refractivity contribution is 6.09. The van der Waals surface area contributed by atoms with Gasteiger partial charge in [-0.05, 0) is 76.6 Å². The van der Waals surface area contributed by atoms with Crippen molar-refractivity contribution in [2.45, 2.75) is 109 Å². The summed E-state index contributed by atoms with van der Waals surface area (Å²) in [5.74, 6) is 0. The predicted octanol–water partition coefficient (Wildman–Crippen LogP) is 14.1. The van der Waals surface area contributed by atoms with Crippen LogP contribution in [0.2, 0.25) is 0 Å². The molecule has 0 aliphatic heterocycles. The van der Waals surface area contributed by atoms with Gasteiger partial charge in [-0.2, -0.15) is 0 Å². The Morgan fingerprint density at radius 3 is 1.94 bits per heavy atom. The summed E-state index contributed by atoms with van der Waals surface area (Å²) < 4.78 is 6.38. The van der Waals surface area contributed by atoms with Crippen LogP contribution in [0.4, 0.5) is 0 Å². The van der Waals surface area contributed by atoms with E-state index in [4.69, 9.17) is 9.40 Å². The van der Waals surface area contributed by atoms with Crippen LogP contribution < -0.4 is 0 Å². The third-order valence-electron chi connectivity index (χ3n) is 11.0. The minimum absolute atomic E-state index is 0.111. The first-order valence-electron chi connectivity index (χ1n) is 18.8. The number of benzene rings is 4. The largest absolute Gasteiger partial charge is 0.455 e. The minimum atomic E-state index is 0.111. The second kappa shape index (κ2) is 14.9. The fourth-order valence-electron chi connectivity index (χ4n) is 8.43. The van der Waals surface area contributed by atoms with Crippen LogP contribution >= 0.6 is 0 Å². The van der Waals surface area contributed by atoms with Crippen LogP contribution in [-0.2, 0) is 5.41 Å². The molecule has 0 unspecified atom stereocenters. The molecular formula is C46H51NO. The van der Waals surface area contributed by atoms with Crippen LogP contribution in [0, 0.1) is 0 Å². The molecule has 1 aliphatic rings. The Hall–Kier alpha value is -4.17. The number of rotatable bonds is 16. The van der Waals surface area contributed by atoms with Gasteiger partial charge in [0.25, 0.3) is 0 Å². The van der Waals surface area contributed by atoms with Crippen LogP contribution in [-0.4, -0.2) is 4.98 Å². The molecule has 0 N–H and O–H groups in total. The summed E-state index contributed by atoms with van der Waals surface area (Å²) in [5.41, 5.74) is 12.3. The van der Waals surface area contributed by atoms with E-state index in [1.54, 1.807) is 11.1 Å².